The first-order valence-corrected chi connectivity index (χ1v) is 12.9. The number of rotatable bonds is 12. The summed E-state index contributed by atoms with van der Waals surface area (Å²) in [5.41, 5.74) is 0. The molecule has 0 amide bonds. The molecule has 0 aromatic carbocycles. The van der Waals surface area contributed by atoms with Crippen molar-refractivity contribution in [1.82, 2.24) is 0 Å². The number of hydrogen-bond acceptors (Lipinski definition) is 2. The van der Waals surface area contributed by atoms with Crippen molar-refractivity contribution in [2.45, 2.75) is 79.1 Å². The van der Waals surface area contributed by atoms with Gasteiger partial charge >= 0.3 is 0 Å². The van der Waals surface area contributed by atoms with Crippen molar-refractivity contribution >= 4 is 14.7 Å². The van der Waals surface area contributed by atoms with Crippen LogP contribution in [-0.2, 0) is 26.2 Å². The Kier molecular flexibility index (Phi) is 22.1. The van der Waals surface area contributed by atoms with E-state index >= 15 is 0 Å². The molecule has 0 fully saturated rings. The smallest absolute Gasteiger partial charge is 0.200 e. The summed E-state index contributed by atoms with van der Waals surface area (Å²) in [7, 11) is -5.45. The Balaban J connectivity index is -0.000000333. The van der Waals surface area contributed by atoms with Crippen molar-refractivity contribution in [3.63, 3.8) is 0 Å². The zero-order valence-electron chi connectivity index (χ0n) is 15.4. The van der Waals surface area contributed by atoms with Crippen LogP contribution in [0.3, 0.4) is 0 Å². The van der Waals surface area contributed by atoms with Gasteiger partial charge in [-0.2, -0.15) is 0 Å². The van der Waals surface area contributed by atoms with E-state index in [2.05, 4.69) is 0 Å². The average Bonchev–Trinajstić information content (AvgIpc) is 2.48. The SMILES string of the molecule is CCCCP(=O)(O)CCCC.CCCCP(=O)(O)CCCC.[Fe]. The molecule has 0 saturated heterocycles. The fourth-order valence-electron chi connectivity index (χ4n) is 1.84. The van der Waals surface area contributed by atoms with E-state index in [0.717, 1.165) is 51.4 Å². The molecule has 0 atom stereocenters. The first kappa shape index (κ1) is 28.7. The summed E-state index contributed by atoms with van der Waals surface area (Å²) in [4.78, 5) is 18.7. The quantitative estimate of drug-likeness (QED) is 0.318. The van der Waals surface area contributed by atoms with Gasteiger partial charge in [0.1, 0.15) is 0 Å². The minimum Gasteiger partial charge on any atom is -0.344 e. The summed E-state index contributed by atoms with van der Waals surface area (Å²) in [5, 5.41) is 0. The monoisotopic (exact) mass is 412 g/mol. The minimum absolute atomic E-state index is 0. The van der Waals surface area contributed by atoms with E-state index in [1.54, 1.807) is 0 Å². The predicted molar refractivity (Wildman–Crippen MR) is 98.8 cm³/mol. The van der Waals surface area contributed by atoms with Crippen molar-refractivity contribution in [2.24, 2.45) is 0 Å². The molecule has 0 aliphatic carbocycles. The zero-order valence-corrected chi connectivity index (χ0v) is 18.3. The summed E-state index contributed by atoms with van der Waals surface area (Å²) in [6, 6.07) is 0. The van der Waals surface area contributed by atoms with Crippen LogP contribution >= 0.6 is 14.7 Å². The molecule has 0 aliphatic heterocycles. The molecule has 0 spiro atoms. The topological polar surface area (TPSA) is 74.6 Å². The second-order valence-corrected chi connectivity index (χ2v) is 11.2. The van der Waals surface area contributed by atoms with Crippen LogP contribution in [0.25, 0.3) is 0 Å². The Bertz CT molecular complexity index is 282. The van der Waals surface area contributed by atoms with Gasteiger partial charge in [-0.3, -0.25) is 9.13 Å². The van der Waals surface area contributed by atoms with Gasteiger partial charge in [-0.15, -0.1) is 0 Å². The Morgan fingerprint density at radius 1 is 0.565 bits per heavy atom. The third-order valence-electron chi connectivity index (χ3n) is 3.44. The molecule has 0 aromatic heterocycles. The van der Waals surface area contributed by atoms with E-state index in [0.29, 0.717) is 24.6 Å². The van der Waals surface area contributed by atoms with E-state index in [4.69, 9.17) is 0 Å². The Hall–Kier alpha value is 0.899. The summed E-state index contributed by atoms with van der Waals surface area (Å²) in [5.74, 6) is 0. The first-order valence-electron chi connectivity index (χ1n) is 8.86. The molecule has 0 aliphatic rings. The van der Waals surface area contributed by atoms with Crippen LogP contribution in [0.1, 0.15) is 79.1 Å². The Labute approximate surface area is 154 Å². The van der Waals surface area contributed by atoms with Gasteiger partial charge in [0.15, 0.2) is 0 Å². The van der Waals surface area contributed by atoms with Crippen LogP contribution in [0.15, 0.2) is 0 Å². The van der Waals surface area contributed by atoms with Gasteiger partial charge in [-0.1, -0.05) is 53.4 Å². The van der Waals surface area contributed by atoms with Gasteiger partial charge in [-0.05, 0) is 25.7 Å². The maximum Gasteiger partial charge on any atom is 0.200 e. The van der Waals surface area contributed by atoms with Gasteiger partial charge in [0.2, 0.25) is 14.7 Å². The molecule has 23 heavy (non-hydrogen) atoms. The molecule has 4 nitrogen and oxygen atoms in total. The van der Waals surface area contributed by atoms with Gasteiger partial charge in [-0.25, -0.2) is 0 Å². The van der Waals surface area contributed by atoms with Gasteiger partial charge in [0, 0.05) is 41.7 Å². The largest absolute Gasteiger partial charge is 0.344 e. The molecule has 0 unspecified atom stereocenters. The van der Waals surface area contributed by atoms with Crippen LogP contribution in [-0.4, -0.2) is 34.4 Å². The van der Waals surface area contributed by atoms with Gasteiger partial charge in [0.05, 0.1) is 0 Å². The maximum atomic E-state index is 11.3. The van der Waals surface area contributed by atoms with Crippen LogP contribution in [0.4, 0.5) is 0 Å². The Morgan fingerprint density at radius 3 is 0.870 bits per heavy atom. The van der Waals surface area contributed by atoms with Crippen LogP contribution in [0, 0.1) is 0 Å². The standard InChI is InChI=1S/2C8H19O2P.Fe/c2*1-3-5-7-11(9,10)8-6-4-2;/h2*3-8H2,1-2H3,(H,9,10);. The molecular formula is C16H38FeO4P2. The minimum atomic E-state index is -2.73. The molecule has 0 aromatic rings. The van der Waals surface area contributed by atoms with E-state index < -0.39 is 14.7 Å². The van der Waals surface area contributed by atoms with E-state index in [9.17, 15) is 18.9 Å². The van der Waals surface area contributed by atoms with Crippen molar-refractivity contribution in [1.29, 1.82) is 0 Å². The normalized spacial score (nSPS) is 11.4. The van der Waals surface area contributed by atoms with Crippen molar-refractivity contribution in [3.8, 4) is 0 Å². The van der Waals surface area contributed by atoms with E-state index in [1.165, 1.54) is 0 Å². The maximum absolute atomic E-state index is 11.3. The third-order valence-corrected chi connectivity index (χ3v) is 7.50. The van der Waals surface area contributed by atoms with Crippen LogP contribution in [0.5, 0.6) is 0 Å². The van der Waals surface area contributed by atoms with Crippen LogP contribution in [0.2, 0.25) is 0 Å². The summed E-state index contributed by atoms with van der Waals surface area (Å²) in [6.07, 6.45) is 9.66. The van der Waals surface area contributed by atoms with Crippen molar-refractivity contribution in [2.75, 3.05) is 24.6 Å². The summed E-state index contributed by atoms with van der Waals surface area (Å²) >= 11 is 0. The average molecular weight is 412 g/mol. The van der Waals surface area contributed by atoms with Gasteiger partial charge in [0.25, 0.3) is 0 Å². The predicted octanol–water partition coefficient (Wildman–Crippen LogP) is 5.71. The van der Waals surface area contributed by atoms with E-state index in [1.807, 2.05) is 27.7 Å². The van der Waals surface area contributed by atoms with Crippen LogP contribution < -0.4 is 0 Å². The molecule has 0 rings (SSSR count). The molecule has 144 valence electrons. The molecule has 2 N–H and O–H groups in total. The molecular weight excluding hydrogens is 374 g/mol. The number of unbranched alkanes of at least 4 members (excludes halogenated alkanes) is 4. The second-order valence-electron chi connectivity index (χ2n) is 6.00. The fraction of sp³-hybridized carbons (Fsp3) is 1.00. The summed E-state index contributed by atoms with van der Waals surface area (Å²) < 4.78 is 22.6. The van der Waals surface area contributed by atoms with Crippen molar-refractivity contribution in [3.05, 3.63) is 0 Å². The zero-order chi connectivity index (χ0) is 17.5. The third kappa shape index (κ3) is 22.9. The fourth-order valence-corrected chi connectivity index (χ4v) is 5.53. The molecule has 0 saturated carbocycles. The van der Waals surface area contributed by atoms with Crippen molar-refractivity contribution < 1.29 is 36.0 Å². The number of hydrogen-bond donors (Lipinski definition) is 2. The van der Waals surface area contributed by atoms with E-state index in [-0.39, 0.29) is 17.1 Å². The summed E-state index contributed by atoms with van der Waals surface area (Å²) in [6.45, 7) is 8.17. The molecule has 0 radical (unpaired) electrons. The molecule has 0 heterocycles. The first-order chi connectivity index (χ1) is 10.2. The molecule has 7 heteroatoms. The second kappa shape index (κ2) is 17.7. The van der Waals surface area contributed by atoms with Gasteiger partial charge < -0.3 is 9.79 Å². The molecule has 0 bridgehead atoms. The Morgan fingerprint density at radius 2 is 0.739 bits per heavy atom.